The maximum Gasteiger partial charge on any atom is 0.230 e. The van der Waals surface area contributed by atoms with E-state index < -0.39 is 0 Å². The van der Waals surface area contributed by atoms with E-state index in [2.05, 4.69) is 10.3 Å². The summed E-state index contributed by atoms with van der Waals surface area (Å²) in [5.41, 5.74) is 3.58. The van der Waals surface area contributed by atoms with E-state index in [0.717, 1.165) is 11.1 Å². The second-order valence-corrected chi connectivity index (χ2v) is 7.07. The third-order valence-corrected chi connectivity index (χ3v) is 4.76. The highest BCUT2D eigenvalue weighted by molar-refractivity contribution is 7.14. The number of amides is 1. The third kappa shape index (κ3) is 4.15. The molecule has 0 saturated heterocycles. The Morgan fingerprint density at radius 2 is 1.92 bits per heavy atom. The summed E-state index contributed by atoms with van der Waals surface area (Å²) in [5, 5.41) is 6.37. The Hall–Kier alpha value is -1.88. The molecule has 1 amide bonds. The lowest BCUT2D eigenvalue weighted by molar-refractivity contribution is -0.115. The van der Waals surface area contributed by atoms with Gasteiger partial charge >= 0.3 is 0 Å². The molecule has 0 aliphatic rings. The number of benzene rings is 2. The van der Waals surface area contributed by atoms with E-state index >= 15 is 0 Å². The summed E-state index contributed by atoms with van der Waals surface area (Å²) < 4.78 is 0. The molecule has 0 radical (unpaired) electrons. The van der Waals surface area contributed by atoms with Crippen LogP contribution in [0.4, 0.5) is 5.13 Å². The van der Waals surface area contributed by atoms with Crippen LogP contribution < -0.4 is 5.32 Å². The summed E-state index contributed by atoms with van der Waals surface area (Å²) in [4.78, 5) is 16.6. The Balaban J connectivity index is 1.70. The van der Waals surface area contributed by atoms with Gasteiger partial charge in [0.1, 0.15) is 0 Å². The fraction of sp³-hybridized carbons (Fsp3) is 0.111. The lowest BCUT2D eigenvalue weighted by atomic mass is 10.1. The Kier molecular flexibility index (Phi) is 5.19. The fourth-order valence-electron chi connectivity index (χ4n) is 2.20. The number of aryl methyl sites for hydroxylation is 1. The maximum atomic E-state index is 12.1. The molecule has 3 aromatic rings. The molecule has 0 atom stereocenters. The van der Waals surface area contributed by atoms with Gasteiger partial charge in [-0.15, -0.1) is 11.3 Å². The molecule has 122 valence electrons. The molecule has 0 spiro atoms. The molecule has 0 saturated carbocycles. The molecule has 3 rings (SSSR count). The number of anilines is 1. The van der Waals surface area contributed by atoms with E-state index in [1.165, 1.54) is 16.9 Å². The molecule has 0 aliphatic heterocycles. The molecule has 3 nitrogen and oxygen atoms in total. The van der Waals surface area contributed by atoms with Crippen LogP contribution in [0.3, 0.4) is 0 Å². The molecule has 1 N–H and O–H groups in total. The monoisotopic (exact) mass is 376 g/mol. The zero-order valence-corrected chi connectivity index (χ0v) is 15.2. The summed E-state index contributed by atoms with van der Waals surface area (Å²) in [6.07, 6.45) is 0.313. The van der Waals surface area contributed by atoms with E-state index in [-0.39, 0.29) is 5.91 Å². The number of rotatable bonds is 4. The van der Waals surface area contributed by atoms with Gasteiger partial charge in [0.25, 0.3) is 0 Å². The molecule has 0 bridgehead atoms. The molecular formula is C18H14Cl2N2OS. The first-order valence-electron chi connectivity index (χ1n) is 7.27. The van der Waals surface area contributed by atoms with Gasteiger partial charge in [0, 0.05) is 16.0 Å². The first-order valence-corrected chi connectivity index (χ1v) is 8.91. The second kappa shape index (κ2) is 7.34. The van der Waals surface area contributed by atoms with Crippen molar-refractivity contribution in [2.75, 3.05) is 5.32 Å². The van der Waals surface area contributed by atoms with Crippen LogP contribution in [0, 0.1) is 6.92 Å². The van der Waals surface area contributed by atoms with Crippen LogP contribution in [-0.4, -0.2) is 10.9 Å². The highest BCUT2D eigenvalue weighted by atomic mass is 35.5. The van der Waals surface area contributed by atoms with Crippen LogP contribution in [0.5, 0.6) is 0 Å². The van der Waals surface area contributed by atoms with E-state index in [9.17, 15) is 4.79 Å². The van der Waals surface area contributed by atoms with E-state index in [1.54, 1.807) is 18.2 Å². The van der Waals surface area contributed by atoms with Crippen molar-refractivity contribution >= 4 is 45.6 Å². The van der Waals surface area contributed by atoms with E-state index in [0.29, 0.717) is 27.3 Å². The van der Waals surface area contributed by atoms with Crippen LogP contribution in [0.25, 0.3) is 11.3 Å². The number of thiazole rings is 1. The van der Waals surface area contributed by atoms with Crippen molar-refractivity contribution in [2.45, 2.75) is 13.3 Å². The van der Waals surface area contributed by atoms with Crippen molar-refractivity contribution in [3.05, 3.63) is 69.0 Å². The summed E-state index contributed by atoms with van der Waals surface area (Å²) in [6, 6.07) is 13.1. The van der Waals surface area contributed by atoms with Crippen LogP contribution in [0.2, 0.25) is 10.0 Å². The van der Waals surface area contributed by atoms with Crippen molar-refractivity contribution in [3.63, 3.8) is 0 Å². The number of nitrogens with one attached hydrogen (secondary N) is 1. The second-order valence-electron chi connectivity index (χ2n) is 5.37. The first-order chi connectivity index (χ1) is 11.5. The minimum absolute atomic E-state index is 0.100. The van der Waals surface area contributed by atoms with E-state index in [1.807, 2.05) is 36.6 Å². The molecule has 0 unspecified atom stereocenters. The van der Waals surface area contributed by atoms with Crippen LogP contribution in [0.1, 0.15) is 11.1 Å². The van der Waals surface area contributed by atoms with Gasteiger partial charge in [-0.1, -0.05) is 53.0 Å². The lowest BCUT2D eigenvalue weighted by Gasteiger charge is -2.03. The van der Waals surface area contributed by atoms with Gasteiger partial charge in [0.15, 0.2) is 5.13 Å². The van der Waals surface area contributed by atoms with Gasteiger partial charge in [-0.3, -0.25) is 4.79 Å². The highest BCUT2D eigenvalue weighted by Crippen LogP contribution is 2.32. The van der Waals surface area contributed by atoms with Crippen molar-refractivity contribution < 1.29 is 4.79 Å². The number of carbonyl (C=O) groups excluding carboxylic acids is 1. The van der Waals surface area contributed by atoms with Gasteiger partial charge in [-0.25, -0.2) is 4.98 Å². The predicted molar refractivity (Wildman–Crippen MR) is 101 cm³/mol. The Labute approximate surface area is 154 Å². The average molecular weight is 377 g/mol. The van der Waals surface area contributed by atoms with Crippen molar-refractivity contribution in [1.82, 2.24) is 4.98 Å². The van der Waals surface area contributed by atoms with Crippen molar-refractivity contribution in [1.29, 1.82) is 0 Å². The summed E-state index contributed by atoms with van der Waals surface area (Å²) in [6.45, 7) is 2.02. The normalized spacial score (nSPS) is 10.6. The predicted octanol–water partition coefficient (Wildman–Crippen LogP) is 5.61. The Bertz CT molecular complexity index is 875. The van der Waals surface area contributed by atoms with Crippen molar-refractivity contribution in [2.24, 2.45) is 0 Å². The minimum Gasteiger partial charge on any atom is -0.302 e. The minimum atomic E-state index is -0.100. The Morgan fingerprint density at radius 1 is 1.17 bits per heavy atom. The van der Waals surface area contributed by atoms with Crippen LogP contribution >= 0.6 is 34.5 Å². The number of hydrogen-bond donors (Lipinski definition) is 1. The smallest absolute Gasteiger partial charge is 0.230 e. The third-order valence-electron chi connectivity index (χ3n) is 3.44. The zero-order valence-electron chi connectivity index (χ0n) is 12.8. The topological polar surface area (TPSA) is 42.0 Å². The standard InChI is InChI=1S/C18H14Cl2N2OS/c1-11-2-4-12(5-3-11)8-17(23)22-18-21-16(10-24-18)14-9-13(19)6-7-15(14)20/h2-7,9-10H,8H2,1H3,(H,21,22,23). The van der Waals surface area contributed by atoms with E-state index in [4.69, 9.17) is 23.2 Å². The average Bonchev–Trinajstić information content (AvgIpc) is 3.00. The largest absolute Gasteiger partial charge is 0.302 e. The van der Waals surface area contributed by atoms with Gasteiger partial charge in [-0.2, -0.15) is 0 Å². The molecule has 6 heteroatoms. The quantitative estimate of drug-likeness (QED) is 0.642. The van der Waals surface area contributed by atoms with Gasteiger partial charge < -0.3 is 5.32 Å². The maximum absolute atomic E-state index is 12.1. The summed E-state index contributed by atoms with van der Waals surface area (Å²) >= 11 is 13.5. The van der Waals surface area contributed by atoms with Crippen LogP contribution in [-0.2, 0) is 11.2 Å². The molecule has 0 fully saturated rings. The molecular weight excluding hydrogens is 363 g/mol. The molecule has 0 aliphatic carbocycles. The van der Waals surface area contributed by atoms with Gasteiger partial charge in [0.05, 0.1) is 17.1 Å². The number of nitrogens with zero attached hydrogens (tertiary/aromatic N) is 1. The first kappa shape index (κ1) is 17.0. The highest BCUT2D eigenvalue weighted by Gasteiger charge is 2.11. The molecule has 24 heavy (non-hydrogen) atoms. The lowest BCUT2D eigenvalue weighted by Crippen LogP contribution is -2.14. The molecule has 1 heterocycles. The molecule has 2 aromatic carbocycles. The number of aromatic nitrogens is 1. The number of halogens is 2. The molecule has 1 aromatic heterocycles. The van der Waals surface area contributed by atoms with Crippen molar-refractivity contribution in [3.8, 4) is 11.3 Å². The van der Waals surface area contributed by atoms with Gasteiger partial charge in [0.2, 0.25) is 5.91 Å². The zero-order chi connectivity index (χ0) is 17.1. The summed E-state index contributed by atoms with van der Waals surface area (Å²) in [7, 11) is 0. The summed E-state index contributed by atoms with van der Waals surface area (Å²) in [5.74, 6) is -0.100. The SMILES string of the molecule is Cc1ccc(CC(=O)Nc2nc(-c3cc(Cl)ccc3Cl)cs2)cc1. The fourth-order valence-corrected chi connectivity index (χ4v) is 3.32. The van der Waals surface area contributed by atoms with Crippen LogP contribution in [0.15, 0.2) is 47.8 Å². The number of hydrogen-bond acceptors (Lipinski definition) is 3. The van der Waals surface area contributed by atoms with Gasteiger partial charge in [-0.05, 0) is 30.7 Å². The number of carbonyl (C=O) groups is 1. The Morgan fingerprint density at radius 3 is 2.67 bits per heavy atom.